The van der Waals surface area contributed by atoms with E-state index >= 15 is 0 Å². The third-order valence-corrected chi connectivity index (χ3v) is 2.66. The van der Waals surface area contributed by atoms with E-state index in [2.05, 4.69) is 30.3 Å². The number of nitrogens with one attached hydrogen (secondary N) is 1. The molecule has 86 valence electrons. The highest BCUT2D eigenvalue weighted by Crippen LogP contribution is 2.12. The average Bonchev–Trinajstić information content (AvgIpc) is 2.29. The second-order valence-electron chi connectivity index (χ2n) is 4.09. The zero-order chi connectivity index (χ0) is 12.0. The van der Waals surface area contributed by atoms with Crippen LogP contribution in [0.25, 0.3) is 0 Å². The van der Waals surface area contributed by atoms with Gasteiger partial charge in [-0.25, -0.2) is 0 Å². The van der Waals surface area contributed by atoms with Gasteiger partial charge >= 0.3 is 0 Å². The van der Waals surface area contributed by atoms with E-state index in [1.54, 1.807) is 0 Å². The van der Waals surface area contributed by atoms with E-state index in [1.165, 1.54) is 11.1 Å². The summed E-state index contributed by atoms with van der Waals surface area (Å²) in [6.07, 6.45) is 0. The van der Waals surface area contributed by atoms with E-state index in [0.717, 1.165) is 25.2 Å². The number of nitrogens with zero attached hydrogens (tertiary/aromatic N) is 2. The van der Waals surface area contributed by atoms with Crippen molar-refractivity contribution < 1.29 is 0 Å². The maximum atomic E-state index is 8.78. The van der Waals surface area contributed by atoms with E-state index < -0.39 is 0 Å². The first-order chi connectivity index (χ1) is 7.67. The number of hydrogen-bond acceptors (Lipinski definition) is 3. The molecular formula is C13H19N3. The third-order valence-electron chi connectivity index (χ3n) is 2.66. The Kier molecular flexibility index (Phi) is 4.97. The zero-order valence-electron chi connectivity index (χ0n) is 10.2. The van der Waals surface area contributed by atoms with Crippen molar-refractivity contribution in [1.82, 2.24) is 10.2 Å². The summed E-state index contributed by atoms with van der Waals surface area (Å²) in [5.74, 6) is 0. The maximum Gasteiger partial charge on any atom is 0.0991 e. The summed E-state index contributed by atoms with van der Waals surface area (Å²) >= 11 is 0. The van der Waals surface area contributed by atoms with Gasteiger partial charge in [-0.1, -0.05) is 6.07 Å². The van der Waals surface area contributed by atoms with Gasteiger partial charge in [0, 0.05) is 19.6 Å². The minimum Gasteiger partial charge on any atom is -0.318 e. The highest BCUT2D eigenvalue weighted by atomic mass is 15.1. The Hall–Kier alpha value is -1.37. The SMILES string of the molecule is CNCCN(C)Cc1ccc(C#N)cc1C. The van der Waals surface area contributed by atoms with Crippen LogP contribution < -0.4 is 5.32 Å². The summed E-state index contributed by atoms with van der Waals surface area (Å²) in [6.45, 7) is 5.00. The first kappa shape index (κ1) is 12.7. The van der Waals surface area contributed by atoms with Crippen molar-refractivity contribution in [3.8, 4) is 6.07 Å². The number of nitriles is 1. The monoisotopic (exact) mass is 217 g/mol. The molecule has 1 aromatic rings. The van der Waals surface area contributed by atoms with Crippen molar-refractivity contribution in [2.24, 2.45) is 0 Å². The molecule has 0 unspecified atom stereocenters. The smallest absolute Gasteiger partial charge is 0.0991 e. The van der Waals surface area contributed by atoms with Crippen molar-refractivity contribution in [1.29, 1.82) is 5.26 Å². The van der Waals surface area contributed by atoms with E-state index in [0.29, 0.717) is 0 Å². The van der Waals surface area contributed by atoms with E-state index in [9.17, 15) is 0 Å². The van der Waals surface area contributed by atoms with Gasteiger partial charge in [0.05, 0.1) is 11.6 Å². The minimum atomic E-state index is 0.735. The summed E-state index contributed by atoms with van der Waals surface area (Å²) in [5.41, 5.74) is 3.21. The van der Waals surface area contributed by atoms with Crippen LogP contribution in [-0.4, -0.2) is 32.1 Å². The van der Waals surface area contributed by atoms with Crippen LogP contribution in [0.1, 0.15) is 16.7 Å². The number of rotatable bonds is 5. The fourth-order valence-electron chi connectivity index (χ4n) is 1.62. The second-order valence-corrected chi connectivity index (χ2v) is 4.09. The van der Waals surface area contributed by atoms with Crippen molar-refractivity contribution in [2.45, 2.75) is 13.5 Å². The molecule has 0 aliphatic rings. The third kappa shape index (κ3) is 3.65. The van der Waals surface area contributed by atoms with Crippen molar-refractivity contribution in [3.63, 3.8) is 0 Å². The second kappa shape index (κ2) is 6.26. The predicted octanol–water partition coefficient (Wildman–Crippen LogP) is 1.52. The van der Waals surface area contributed by atoms with Crippen molar-refractivity contribution in [2.75, 3.05) is 27.2 Å². The molecule has 0 aromatic heterocycles. The van der Waals surface area contributed by atoms with E-state index in [4.69, 9.17) is 5.26 Å². The van der Waals surface area contributed by atoms with Crippen molar-refractivity contribution in [3.05, 3.63) is 34.9 Å². The number of hydrogen-bond donors (Lipinski definition) is 1. The fourth-order valence-corrected chi connectivity index (χ4v) is 1.62. The zero-order valence-corrected chi connectivity index (χ0v) is 10.2. The quantitative estimate of drug-likeness (QED) is 0.812. The van der Waals surface area contributed by atoms with Gasteiger partial charge in [0.1, 0.15) is 0 Å². The van der Waals surface area contributed by atoms with E-state index in [-0.39, 0.29) is 0 Å². The molecule has 0 amide bonds. The van der Waals surface area contributed by atoms with E-state index in [1.807, 2.05) is 25.2 Å². The lowest BCUT2D eigenvalue weighted by Crippen LogP contribution is -2.27. The summed E-state index contributed by atoms with van der Waals surface area (Å²) in [4.78, 5) is 2.27. The molecule has 0 radical (unpaired) electrons. The molecule has 0 spiro atoms. The molecule has 1 N–H and O–H groups in total. The van der Waals surface area contributed by atoms with Crippen LogP contribution in [-0.2, 0) is 6.54 Å². The molecule has 1 aromatic carbocycles. The number of benzene rings is 1. The minimum absolute atomic E-state index is 0.735. The molecule has 0 fully saturated rings. The molecule has 3 nitrogen and oxygen atoms in total. The number of aryl methyl sites for hydroxylation is 1. The summed E-state index contributed by atoms with van der Waals surface area (Å²) in [5, 5.41) is 11.9. The topological polar surface area (TPSA) is 39.1 Å². The van der Waals surface area contributed by atoms with Gasteiger partial charge in [-0.2, -0.15) is 5.26 Å². The van der Waals surface area contributed by atoms with Gasteiger partial charge in [0.2, 0.25) is 0 Å². The lowest BCUT2D eigenvalue weighted by atomic mass is 10.1. The maximum absolute atomic E-state index is 8.78. The fraction of sp³-hybridized carbons (Fsp3) is 0.462. The predicted molar refractivity (Wildman–Crippen MR) is 66.2 cm³/mol. The molecule has 16 heavy (non-hydrogen) atoms. The molecule has 0 aliphatic carbocycles. The van der Waals surface area contributed by atoms with Gasteiger partial charge in [-0.05, 0) is 44.3 Å². The molecule has 3 heteroatoms. The lowest BCUT2D eigenvalue weighted by molar-refractivity contribution is 0.327. The van der Waals surface area contributed by atoms with Gasteiger partial charge in [-0.3, -0.25) is 0 Å². The Balaban J connectivity index is 2.64. The van der Waals surface area contributed by atoms with Crippen LogP contribution in [0.15, 0.2) is 18.2 Å². The molecule has 0 aliphatic heterocycles. The summed E-state index contributed by atoms with van der Waals surface area (Å²) in [7, 11) is 4.07. The molecular weight excluding hydrogens is 198 g/mol. The molecule has 0 saturated heterocycles. The van der Waals surface area contributed by atoms with Gasteiger partial charge in [0.15, 0.2) is 0 Å². The van der Waals surface area contributed by atoms with Gasteiger partial charge in [0.25, 0.3) is 0 Å². The van der Waals surface area contributed by atoms with Crippen LogP contribution in [0.5, 0.6) is 0 Å². The molecule has 0 heterocycles. The van der Waals surface area contributed by atoms with Gasteiger partial charge in [-0.15, -0.1) is 0 Å². The summed E-state index contributed by atoms with van der Waals surface area (Å²) in [6, 6.07) is 8.03. The molecule has 1 rings (SSSR count). The van der Waals surface area contributed by atoms with Crippen molar-refractivity contribution >= 4 is 0 Å². The van der Waals surface area contributed by atoms with Crippen LogP contribution >= 0.6 is 0 Å². The van der Waals surface area contributed by atoms with Crippen LogP contribution in [0, 0.1) is 18.3 Å². The van der Waals surface area contributed by atoms with Crippen LogP contribution in [0.4, 0.5) is 0 Å². The van der Waals surface area contributed by atoms with Crippen LogP contribution in [0.2, 0.25) is 0 Å². The Morgan fingerprint density at radius 2 is 2.19 bits per heavy atom. The van der Waals surface area contributed by atoms with Gasteiger partial charge < -0.3 is 10.2 Å². The standard InChI is InChI=1S/C13H19N3/c1-11-8-12(9-14)4-5-13(11)10-16(3)7-6-15-2/h4-5,8,15H,6-7,10H2,1-3H3. The van der Waals surface area contributed by atoms with Crippen LogP contribution in [0.3, 0.4) is 0 Å². The first-order valence-corrected chi connectivity index (χ1v) is 5.50. The highest BCUT2D eigenvalue weighted by Gasteiger charge is 2.03. The molecule has 0 bridgehead atoms. The number of likely N-dealkylation sites (N-methyl/N-ethyl adjacent to an activating group) is 2. The Labute approximate surface area is 97.7 Å². The molecule has 0 saturated carbocycles. The normalized spacial score (nSPS) is 10.4. The Morgan fingerprint density at radius 3 is 2.75 bits per heavy atom. The highest BCUT2D eigenvalue weighted by molar-refractivity contribution is 5.37. The largest absolute Gasteiger partial charge is 0.318 e. The lowest BCUT2D eigenvalue weighted by Gasteiger charge is -2.17. The Morgan fingerprint density at radius 1 is 1.44 bits per heavy atom. The molecule has 0 atom stereocenters. The average molecular weight is 217 g/mol. The summed E-state index contributed by atoms with van der Waals surface area (Å²) < 4.78 is 0. The first-order valence-electron chi connectivity index (χ1n) is 5.50. The Bertz CT molecular complexity index is 379.